The highest BCUT2D eigenvalue weighted by Crippen LogP contribution is 2.49. The third kappa shape index (κ3) is 18.3. The van der Waals surface area contributed by atoms with Crippen molar-refractivity contribution in [2.75, 3.05) is 26.4 Å². The van der Waals surface area contributed by atoms with Crippen molar-refractivity contribution in [2.24, 2.45) is 0 Å². The minimum Gasteiger partial charge on any atom is -0.488 e. The molecule has 0 aliphatic carbocycles. The molecule has 1 aromatic carbocycles. The Kier molecular flexibility index (Phi) is 22.1. The van der Waals surface area contributed by atoms with Crippen LogP contribution in [-0.2, 0) is 0 Å². The fourth-order valence-corrected chi connectivity index (χ4v) is 5.75. The van der Waals surface area contributed by atoms with E-state index in [1.165, 1.54) is 51.4 Å². The first-order chi connectivity index (χ1) is 22.0. The van der Waals surface area contributed by atoms with Crippen LogP contribution in [0.4, 0.5) is 0 Å². The number of hydrogen-bond acceptors (Lipinski definition) is 4. The summed E-state index contributed by atoms with van der Waals surface area (Å²) in [6.45, 7) is 25.1. The number of unbranched alkanes of at least 4 members (excludes halogenated alkanes) is 12. The van der Waals surface area contributed by atoms with Crippen molar-refractivity contribution in [1.29, 1.82) is 0 Å². The van der Waals surface area contributed by atoms with Crippen LogP contribution in [0.25, 0.3) is 0 Å². The van der Waals surface area contributed by atoms with E-state index in [9.17, 15) is 0 Å². The number of ether oxygens (including phenoxy) is 4. The molecule has 1 aromatic rings. The maximum absolute atomic E-state index is 6.72. The van der Waals surface area contributed by atoms with E-state index in [4.69, 9.17) is 18.9 Å². The van der Waals surface area contributed by atoms with Gasteiger partial charge in [-0.25, -0.2) is 0 Å². The zero-order chi connectivity index (χ0) is 34.3. The first-order valence-corrected chi connectivity index (χ1v) is 25.8. The van der Waals surface area contributed by atoms with E-state index >= 15 is 0 Å². The lowest BCUT2D eigenvalue weighted by molar-refractivity contribution is 0.237. The summed E-state index contributed by atoms with van der Waals surface area (Å²) >= 11 is 0. The topological polar surface area (TPSA) is 36.9 Å². The third-order valence-corrected chi connectivity index (χ3v) is 9.17. The molecule has 0 heterocycles. The second-order valence-electron chi connectivity index (χ2n) is 14.7. The van der Waals surface area contributed by atoms with Gasteiger partial charge in [0, 0.05) is 0 Å². The molecule has 6 heteroatoms. The van der Waals surface area contributed by atoms with E-state index in [-0.39, 0.29) is 0 Å². The zero-order valence-electron chi connectivity index (χ0n) is 31.8. The van der Waals surface area contributed by atoms with Crippen LogP contribution in [-0.4, -0.2) is 42.6 Å². The Labute approximate surface area is 287 Å². The average Bonchev–Trinajstić information content (AvgIpc) is 2.99. The van der Waals surface area contributed by atoms with Gasteiger partial charge in [0.25, 0.3) is 0 Å². The van der Waals surface area contributed by atoms with Gasteiger partial charge in [-0.05, 0) is 25.7 Å². The molecule has 0 amide bonds. The van der Waals surface area contributed by atoms with Crippen molar-refractivity contribution >= 4 is 16.1 Å². The number of hydrogen-bond donors (Lipinski definition) is 0. The summed E-state index contributed by atoms with van der Waals surface area (Å²) in [5, 5.41) is 0. The van der Waals surface area contributed by atoms with Gasteiger partial charge >= 0.3 is 0 Å². The lowest BCUT2D eigenvalue weighted by atomic mass is 10.0. The van der Waals surface area contributed by atoms with Crippen LogP contribution in [0.1, 0.15) is 142 Å². The lowest BCUT2D eigenvalue weighted by Crippen LogP contribution is -2.17. The van der Waals surface area contributed by atoms with E-state index in [0.717, 1.165) is 62.5 Å². The van der Waals surface area contributed by atoms with Crippen LogP contribution in [0, 0.1) is 22.9 Å². The average molecular weight is 671 g/mol. The molecule has 0 aromatic heterocycles. The van der Waals surface area contributed by atoms with E-state index in [1.54, 1.807) is 0 Å². The van der Waals surface area contributed by atoms with Gasteiger partial charge in [-0.3, -0.25) is 0 Å². The first kappa shape index (κ1) is 42.0. The van der Waals surface area contributed by atoms with Crippen LogP contribution in [0.3, 0.4) is 0 Å². The molecule has 0 unspecified atom stereocenters. The Morgan fingerprint density at radius 2 is 0.609 bits per heavy atom. The molecule has 0 radical (unpaired) electrons. The van der Waals surface area contributed by atoms with Gasteiger partial charge < -0.3 is 18.9 Å². The van der Waals surface area contributed by atoms with Crippen molar-refractivity contribution in [2.45, 2.75) is 170 Å². The summed E-state index contributed by atoms with van der Waals surface area (Å²) in [5.74, 6) is 9.96. The van der Waals surface area contributed by atoms with Gasteiger partial charge in [-0.2, -0.15) is 0 Å². The minimum atomic E-state index is -1.73. The van der Waals surface area contributed by atoms with Gasteiger partial charge in [0.1, 0.15) is 27.3 Å². The van der Waals surface area contributed by atoms with E-state index in [0.29, 0.717) is 49.4 Å². The molecule has 0 spiro atoms. The predicted octanol–water partition coefficient (Wildman–Crippen LogP) is 12.0. The Balaban J connectivity index is 4.02. The van der Waals surface area contributed by atoms with Gasteiger partial charge in [0.2, 0.25) is 0 Å². The molecule has 0 atom stereocenters. The van der Waals surface area contributed by atoms with E-state index < -0.39 is 16.1 Å². The largest absolute Gasteiger partial charge is 0.488 e. The molecule has 0 aliphatic heterocycles. The molecule has 0 fully saturated rings. The van der Waals surface area contributed by atoms with Crippen molar-refractivity contribution in [3.63, 3.8) is 0 Å². The second-order valence-corrected chi connectivity index (χ2v) is 24.2. The van der Waals surface area contributed by atoms with Crippen molar-refractivity contribution < 1.29 is 18.9 Å². The summed E-state index contributed by atoms with van der Waals surface area (Å²) in [7, 11) is -3.46. The molecule has 4 nitrogen and oxygen atoms in total. The quantitative estimate of drug-likeness (QED) is 0.0623. The summed E-state index contributed by atoms with van der Waals surface area (Å²) in [4.78, 5) is 0. The minimum absolute atomic E-state index is 0.613. The van der Waals surface area contributed by atoms with Crippen LogP contribution in [0.5, 0.6) is 23.0 Å². The smallest absolute Gasteiger partial charge is 0.182 e. The van der Waals surface area contributed by atoms with Crippen molar-refractivity contribution in [3.8, 4) is 45.9 Å². The Hall–Kier alpha value is -2.03. The molecule has 0 saturated carbocycles. The Morgan fingerprint density at radius 1 is 0.370 bits per heavy atom. The third-order valence-electron chi connectivity index (χ3n) is 7.42. The second kappa shape index (κ2) is 24.2. The molecule has 262 valence electrons. The monoisotopic (exact) mass is 670 g/mol. The summed E-state index contributed by atoms with van der Waals surface area (Å²) in [5.41, 5.74) is 8.81. The molecular weight excluding hydrogens is 601 g/mol. The van der Waals surface area contributed by atoms with Crippen LogP contribution < -0.4 is 18.9 Å². The Morgan fingerprint density at radius 3 is 0.804 bits per heavy atom. The molecular formula is C40H70O4Si2. The van der Waals surface area contributed by atoms with Crippen LogP contribution in [0.15, 0.2) is 0 Å². The molecule has 0 aliphatic rings. The number of rotatable bonds is 24. The summed E-state index contributed by atoms with van der Waals surface area (Å²) < 4.78 is 26.9. The normalized spacial score (nSPS) is 11.3. The summed E-state index contributed by atoms with van der Waals surface area (Å²) in [6.07, 6.45) is 18.1. The Bertz CT molecular complexity index is 953. The van der Waals surface area contributed by atoms with Gasteiger partial charge in [0.15, 0.2) is 23.0 Å². The van der Waals surface area contributed by atoms with E-state index in [1.807, 2.05) is 0 Å². The zero-order valence-corrected chi connectivity index (χ0v) is 33.8. The number of benzene rings is 1. The van der Waals surface area contributed by atoms with E-state index in [2.05, 4.69) is 89.9 Å². The first-order valence-electron chi connectivity index (χ1n) is 18.8. The van der Waals surface area contributed by atoms with Gasteiger partial charge in [0.05, 0.1) is 26.4 Å². The highest BCUT2D eigenvalue weighted by atomic mass is 28.3. The fourth-order valence-electron chi connectivity index (χ4n) is 4.75. The van der Waals surface area contributed by atoms with Crippen molar-refractivity contribution in [3.05, 3.63) is 11.1 Å². The molecule has 0 bridgehead atoms. The highest BCUT2D eigenvalue weighted by molar-refractivity contribution is 6.84. The van der Waals surface area contributed by atoms with Gasteiger partial charge in [-0.15, -0.1) is 11.1 Å². The molecule has 1 rings (SSSR count). The SMILES string of the molecule is CCCCCCOc1c(C#C[Si](C)(C)C)c(OCCCCCC)c(OCCCCCC)c(C#C[Si](C)(C)C)c1OCCCCCC. The van der Waals surface area contributed by atoms with Crippen molar-refractivity contribution in [1.82, 2.24) is 0 Å². The fraction of sp³-hybridized carbons (Fsp3) is 0.750. The van der Waals surface area contributed by atoms with Crippen LogP contribution >= 0.6 is 0 Å². The predicted molar refractivity (Wildman–Crippen MR) is 205 cm³/mol. The molecule has 0 saturated heterocycles. The molecule has 46 heavy (non-hydrogen) atoms. The maximum Gasteiger partial charge on any atom is 0.182 e. The molecule has 0 N–H and O–H groups in total. The standard InChI is InChI=1S/C40H70O4Si2/c1-11-15-19-23-29-41-37-35(27-33-45(5,6)7)39(43-31-25-21-17-13-3)40(44-32-26-22-18-14-4)36(28-34-46(8,9)10)38(37)42-30-24-20-16-12-2/h11-26,29-32H2,1-10H3. The lowest BCUT2D eigenvalue weighted by Gasteiger charge is -2.23. The van der Waals surface area contributed by atoms with Gasteiger partial charge in [-0.1, -0.05) is 156 Å². The maximum atomic E-state index is 6.72. The summed E-state index contributed by atoms with van der Waals surface area (Å²) in [6, 6.07) is 0. The van der Waals surface area contributed by atoms with Crippen LogP contribution in [0.2, 0.25) is 39.3 Å². The highest BCUT2D eigenvalue weighted by Gasteiger charge is 2.29.